The maximum atomic E-state index is 14.0. The van der Waals surface area contributed by atoms with Crippen LogP contribution >= 0.6 is 0 Å². The number of aliphatic carboxylic acids is 1. The number of primary amides is 1. The van der Waals surface area contributed by atoms with Crippen LogP contribution < -0.4 is 44.2 Å². The molecule has 0 fully saturated rings. The highest BCUT2D eigenvalue weighted by molar-refractivity contribution is 5.96. The van der Waals surface area contributed by atoms with Crippen molar-refractivity contribution in [2.24, 2.45) is 39.8 Å². The van der Waals surface area contributed by atoms with Crippen molar-refractivity contribution >= 4 is 47.4 Å². The second-order valence-corrected chi connectivity index (χ2v) is 13.9. The highest BCUT2D eigenvalue weighted by Gasteiger charge is 2.36. The average molecular weight is 763 g/mol. The minimum absolute atomic E-state index is 0.0527. The number of aliphatic hydroxyl groups is 1. The molecular formula is C35H58N10O9. The van der Waals surface area contributed by atoms with E-state index in [2.05, 4.69) is 26.3 Å². The number of carbonyl (C=O) groups excluding carboxylic acids is 6. The number of rotatable bonds is 24. The van der Waals surface area contributed by atoms with Gasteiger partial charge in [-0.25, -0.2) is 4.79 Å². The minimum atomic E-state index is -1.67. The van der Waals surface area contributed by atoms with E-state index in [1.54, 1.807) is 30.3 Å². The average Bonchev–Trinajstić information content (AvgIpc) is 3.09. The Bertz CT molecular complexity index is 1450. The fourth-order valence-corrected chi connectivity index (χ4v) is 5.39. The fourth-order valence-electron chi connectivity index (χ4n) is 5.39. The lowest BCUT2D eigenvalue weighted by molar-refractivity contribution is -0.144. The molecule has 0 aliphatic rings. The van der Waals surface area contributed by atoms with Gasteiger partial charge < -0.3 is 59.3 Å². The van der Waals surface area contributed by atoms with Crippen LogP contribution in [0.25, 0.3) is 0 Å². The fraction of sp³-hybridized carbons (Fsp3) is 0.600. The summed E-state index contributed by atoms with van der Waals surface area (Å²) in [4.78, 5) is 96.1. The van der Waals surface area contributed by atoms with Gasteiger partial charge >= 0.3 is 5.97 Å². The molecule has 14 N–H and O–H groups in total. The van der Waals surface area contributed by atoms with Gasteiger partial charge in [-0.15, -0.1) is 0 Å². The quantitative estimate of drug-likeness (QED) is 0.0295. The van der Waals surface area contributed by atoms with Crippen molar-refractivity contribution < 1.29 is 43.8 Å². The smallest absolute Gasteiger partial charge is 0.326 e. The molecule has 0 aliphatic carbocycles. The van der Waals surface area contributed by atoms with Gasteiger partial charge in [-0.2, -0.15) is 0 Å². The SMILES string of the molecule is CC(C)C[C@H](NC(=O)[C@H](CC(C)C)N(C)C(=O)[C@H](Cc1ccccc1)NC(=O)[C@@H](N)CO)C(=O)N[C@@H](CCCN=C(N)N)C(=O)N[C@@H](CC(N)=O)C(=O)O. The van der Waals surface area contributed by atoms with Crippen molar-refractivity contribution in [2.75, 3.05) is 20.2 Å². The molecule has 6 atom stereocenters. The third kappa shape index (κ3) is 17.0. The zero-order valence-corrected chi connectivity index (χ0v) is 31.6. The lowest BCUT2D eigenvalue weighted by Gasteiger charge is -2.33. The molecule has 1 aromatic carbocycles. The second-order valence-electron chi connectivity index (χ2n) is 13.9. The molecule has 1 rings (SSSR count). The van der Waals surface area contributed by atoms with E-state index >= 15 is 0 Å². The van der Waals surface area contributed by atoms with Gasteiger partial charge in [0, 0.05) is 20.0 Å². The Morgan fingerprint density at radius 2 is 1.30 bits per heavy atom. The van der Waals surface area contributed by atoms with Crippen molar-refractivity contribution in [3.63, 3.8) is 0 Å². The summed E-state index contributed by atoms with van der Waals surface area (Å²) in [6.45, 7) is 6.72. The number of carboxylic acids is 1. The molecule has 0 bridgehead atoms. The Morgan fingerprint density at radius 3 is 1.81 bits per heavy atom. The molecule has 302 valence electrons. The van der Waals surface area contributed by atoms with Crippen LogP contribution in [0, 0.1) is 11.8 Å². The van der Waals surface area contributed by atoms with Crippen molar-refractivity contribution in [1.29, 1.82) is 0 Å². The molecule has 1 aromatic rings. The van der Waals surface area contributed by atoms with Crippen LogP contribution in [0.15, 0.2) is 35.3 Å². The number of guanidine groups is 1. The van der Waals surface area contributed by atoms with Crippen molar-refractivity contribution in [3.8, 4) is 0 Å². The van der Waals surface area contributed by atoms with Crippen LogP contribution in [-0.4, -0.2) is 119 Å². The van der Waals surface area contributed by atoms with E-state index in [1.807, 2.05) is 27.7 Å². The first kappa shape index (κ1) is 46.7. The van der Waals surface area contributed by atoms with E-state index in [0.29, 0.717) is 5.56 Å². The predicted octanol–water partition coefficient (Wildman–Crippen LogP) is -2.58. The van der Waals surface area contributed by atoms with Crippen molar-refractivity contribution in [2.45, 2.75) is 102 Å². The molecule has 54 heavy (non-hydrogen) atoms. The molecule has 0 heterocycles. The molecule has 6 amide bonds. The lowest BCUT2D eigenvalue weighted by atomic mass is 9.97. The van der Waals surface area contributed by atoms with Gasteiger partial charge in [-0.1, -0.05) is 58.0 Å². The summed E-state index contributed by atoms with van der Waals surface area (Å²) in [6.07, 6.45) is -0.248. The third-order valence-corrected chi connectivity index (χ3v) is 8.18. The monoisotopic (exact) mass is 762 g/mol. The number of likely N-dealkylation sites (N-methyl/N-ethyl adjacent to an activating group) is 1. The molecule has 0 unspecified atom stereocenters. The van der Waals surface area contributed by atoms with E-state index in [1.165, 1.54) is 11.9 Å². The number of nitrogens with one attached hydrogen (secondary N) is 4. The normalized spacial score (nSPS) is 14.4. The predicted molar refractivity (Wildman–Crippen MR) is 200 cm³/mol. The van der Waals surface area contributed by atoms with Crippen LogP contribution in [0.1, 0.15) is 65.4 Å². The largest absolute Gasteiger partial charge is 0.480 e. The van der Waals surface area contributed by atoms with Crippen LogP contribution in [0.3, 0.4) is 0 Å². The number of amides is 6. The number of carboxylic acid groups (broad SMARTS) is 1. The summed E-state index contributed by atoms with van der Waals surface area (Å²) in [5.74, 6) is -6.72. The van der Waals surface area contributed by atoms with E-state index in [4.69, 9.17) is 22.9 Å². The number of aliphatic hydroxyl groups excluding tert-OH is 1. The number of nitrogens with two attached hydrogens (primary N) is 4. The van der Waals surface area contributed by atoms with Crippen LogP contribution in [0.4, 0.5) is 0 Å². The molecule has 19 nitrogen and oxygen atoms in total. The maximum absolute atomic E-state index is 14.0. The van der Waals surface area contributed by atoms with E-state index in [-0.39, 0.29) is 56.4 Å². The first-order valence-electron chi connectivity index (χ1n) is 17.7. The number of hydrogen-bond donors (Lipinski definition) is 10. The van der Waals surface area contributed by atoms with Gasteiger partial charge in [0.2, 0.25) is 35.4 Å². The Morgan fingerprint density at radius 1 is 0.759 bits per heavy atom. The molecule has 0 spiro atoms. The Kier molecular flexibility index (Phi) is 20.2. The highest BCUT2D eigenvalue weighted by Crippen LogP contribution is 2.16. The first-order valence-corrected chi connectivity index (χ1v) is 17.7. The van der Waals surface area contributed by atoms with E-state index < -0.39 is 90.7 Å². The maximum Gasteiger partial charge on any atom is 0.326 e. The van der Waals surface area contributed by atoms with Gasteiger partial charge in [0.05, 0.1) is 13.0 Å². The van der Waals surface area contributed by atoms with E-state index in [0.717, 1.165) is 0 Å². The second kappa shape index (κ2) is 23.4. The lowest BCUT2D eigenvalue weighted by Crippen LogP contribution is -2.60. The van der Waals surface area contributed by atoms with Crippen molar-refractivity contribution in [1.82, 2.24) is 26.2 Å². The summed E-state index contributed by atoms with van der Waals surface area (Å²) < 4.78 is 0. The number of nitrogens with zero attached hydrogens (tertiary/aromatic N) is 2. The Balaban J connectivity index is 3.42. The molecule has 0 radical (unpaired) electrons. The zero-order chi connectivity index (χ0) is 41.1. The van der Waals surface area contributed by atoms with Gasteiger partial charge in [0.25, 0.3) is 0 Å². The summed E-state index contributed by atoms with van der Waals surface area (Å²) in [5, 5.41) is 29.0. The van der Waals surface area contributed by atoms with Crippen LogP contribution in [0.5, 0.6) is 0 Å². The summed E-state index contributed by atoms with van der Waals surface area (Å²) in [7, 11) is 1.41. The number of hydrogen-bond acceptors (Lipinski definition) is 10. The Hall–Kier alpha value is -5.30. The van der Waals surface area contributed by atoms with Crippen molar-refractivity contribution in [3.05, 3.63) is 35.9 Å². The van der Waals surface area contributed by atoms with E-state index in [9.17, 15) is 43.8 Å². The number of benzene rings is 1. The zero-order valence-electron chi connectivity index (χ0n) is 31.6. The summed E-state index contributed by atoms with van der Waals surface area (Å²) in [5.41, 5.74) is 22.3. The van der Waals surface area contributed by atoms with Gasteiger partial charge in [-0.05, 0) is 43.1 Å². The minimum Gasteiger partial charge on any atom is -0.480 e. The Labute approximate surface area is 315 Å². The molecule has 0 aromatic heterocycles. The summed E-state index contributed by atoms with van der Waals surface area (Å²) >= 11 is 0. The first-order chi connectivity index (χ1) is 25.3. The molecule has 0 saturated carbocycles. The molecular weight excluding hydrogens is 704 g/mol. The van der Waals surface area contributed by atoms with Crippen LogP contribution in [-0.2, 0) is 40.0 Å². The topological polar surface area (TPSA) is 328 Å². The summed E-state index contributed by atoms with van der Waals surface area (Å²) in [6, 6.07) is 1.05. The molecule has 19 heteroatoms. The van der Waals surface area contributed by atoms with Gasteiger partial charge in [0.1, 0.15) is 36.3 Å². The van der Waals surface area contributed by atoms with Gasteiger partial charge in [-0.3, -0.25) is 33.8 Å². The highest BCUT2D eigenvalue weighted by atomic mass is 16.4. The standard InChI is InChI=1S/C35H58N10O9/c1-19(2)14-24(31(50)41-23(12-9-13-40-35(38)39)30(49)44-26(34(53)54)17-28(37)47)42-32(51)27(15-20(3)4)45(5)33(52)25(43-29(48)22(36)18-46)16-21-10-7-6-8-11-21/h6-8,10-11,19-20,22-27,46H,9,12-18,36H2,1-5H3,(H2,37,47)(H,41,50)(H,42,51)(H,43,48)(H,44,49)(H,53,54)(H4,38,39,40)/t22-,23-,24-,25-,26-,27-/m0/s1. The van der Waals surface area contributed by atoms with Crippen LogP contribution in [0.2, 0.25) is 0 Å². The molecule has 0 aliphatic heterocycles. The number of carbonyl (C=O) groups is 7. The third-order valence-electron chi connectivity index (χ3n) is 8.18. The number of aliphatic imine (C=N–C) groups is 1. The molecule has 0 saturated heterocycles. The van der Waals surface area contributed by atoms with Gasteiger partial charge in [0.15, 0.2) is 5.96 Å².